The van der Waals surface area contributed by atoms with Gasteiger partial charge in [-0.3, -0.25) is 9.69 Å². The molecule has 5 nitrogen and oxygen atoms in total. The zero-order valence-corrected chi connectivity index (χ0v) is 12.1. The first-order chi connectivity index (χ1) is 9.78. The Labute approximate surface area is 119 Å². The number of carbonyl (C=O) groups is 1. The number of aromatic nitrogens is 2. The SMILES string of the molecule is CCOC(=O)[C@@H]1CCCN(Cc2cncn2C2CC2)C1. The van der Waals surface area contributed by atoms with Crippen molar-refractivity contribution >= 4 is 5.97 Å². The van der Waals surface area contributed by atoms with E-state index >= 15 is 0 Å². The average Bonchev–Trinajstić information content (AvgIpc) is 3.20. The Morgan fingerprint density at radius 1 is 1.45 bits per heavy atom. The second kappa shape index (κ2) is 5.95. The first-order valence-corrected chi connectivity index (χ1v) is 7.67. The summed E-state index contributed by atoms with van der Waals surface area (Å²) < 4.78 is 7.45. The Morgan fingerprint density at radius 3 is 3.05 bits per heavy atom. The number of likely N-dealkylation sites (tertiary alicyclic amines) is 1. The number of carbonyl (C=O) groups excluding carboxylic acids is 1. The van der Waals surface area contributed by atoms with Crippen LogP contribution in [-0.4, -0.2) is 40.1 Å². The van der Waals surface area contributed by atoms with E-state index in [1.807, 2.05) is 19.4 Å². The molecule has 20 heavy (non-hydrogen) atoms. The maximum Gasteiger partial charge on any atom is 0.310 e. The van der Waals surface area contributed by atoms with E-state index < -0.39 is 0 Å². The van der Waals surface area contributed by atoms with Crippen LogP contribution in [0.25, 0.3) is 0 Å². The number of esters is 1. The van der Waals surface area contributed by atoms with Crippen LogP contribution in [0.1, 0.15) is 44.3 Å². The molecule has 2 fully saturated rings. The second-order valence-electron chi connectivity index (χ2n) is 5.85. The number of hydrogen-bond donors (Lipinski definition) is 0. The number of nitrogens with zero attached hydrogens (tertiary/aromatic N) is 3. The van der Waals surface area contributed by atoms with E-state index in [0.717, 1.165) is 32.5 Å². The number of imidazole rings is 1. The smallest absolute Gasteiger partial charge is 0.310 e. The molecule has 0 N–H and O–H groups in total. The molecule has 0 bridgehead atoms. The standard InChI is InChI=1S/C15H23N3O2/c1-2-20-15(19)12-4-3-7-17(9-12)10-14-8-16-11-18(14)13-5-6-13/h8,11-13H,2-7,9-10H2,1H3/t12-/m1/s1. The zero-order valence-electron chi connectivity index (χ0n) is 12.1. The quantitative estimate of drug-likeness (QED) is 0.772. The van der Waals surface area contributed by atoms with Crippen LogP contribution in [0, 0.1) is 5.92 Å². The Kier molecular flexibility index (Phi) is 4.05. The molecule has 2 heterocycles. The highest BCUT2D eigenvalue weighted by molar-refractivity contribution is 5.72. The fourth-order valence-electron chi connectivity index (χ4n) is 3.02. The third-order valence-corrected chi connectivity index (χ3v) is 4.20. The van der Waals surface area contributed by atoms with Crippen LogP contribution in [0.3, 0.4) is 0 Å². The number of ether oxygens (including phenoxy) is 1. The molecule has 1 saturated heterocycles. The summed E-state index contributed by atoms with van der Waals surface area (Å²) in [6.07, 6.45) is 8.48. The lowest BCUT2D eigenvalue weighted by atomic mass is 9.98. The van der Waals surface area contributed by atoms with Gasteiger partial charge in [0.05, 0.1) is 24.5 Å². The van der Waals surface area contributed by atoms with E-state index in [1.165, 1.54) is 18.5 Å². The van der Waals surface area contributed by atoms with Crippen molar-refractivity contribution in [3.05, 3.63) is 18.2 Å². The van der Waals surface area contributed by atoms with Gasteiger partial charge in [0.25, 0.3) is 0 Å². The highest BCUT2D eigenvalue weighted by atomic mass is 16.5. The molecule has 0 radical (unpaired) electrons. The highest BCUT2D eigenvalue weighted by Gasteiger charge is 2.29. The molecular formula is C15H23N3O2. The van der Waals surface area contributed by atoms with Crippen molar-refractivity contribution < 1.29 is 9.53 Å². The lowest BCUT2D eigenvalue weighted by Gasteiger charge is -2.31. The minimum absolute atomic E-state index is 0.0344. The van der Waals surface area contributed by atoms with E-state index in [1.54, 1.807) is 0 Å². The summed E-state index contributed by atoms with van der Waals surface area (Å²) >= 11 is 0. The first-order valence-electron chi connectivity index (χ1n) is 7.67. The molecule has 110 valence electrons. The monoisotopic (exact) mass is 277 g/mol. The van der Waals surface area contributed by atoms with Crippen molar-refractivity contribution in [1.82, 2.24) is 14.5 Å². The number of rotatable bonds is 5. The van der Waals surface area contributed by atoms with Crippen LogP contribution >= 0.6 is 0 Å². The summed E-state index contributed by atoms with van der Waals surface area (Å²) in [6.45, 7) is 5.11. The largest absolute Gasteiger partial charge is 0.466 e. The summed E-state index contributed by atoms with van der Waals surface area (Å²) in [6, 6.07) is 0.665. The average molecular weight is 277 g/mol. The molecular weight excluding hydrogens is 254 g/mol. The number of hydrogen-bond acceptors (Lipinski definition) is 4. The molecule has 5 heteroatoms. The third-order valence-electron chi connectivity index (χ3n) is 4.20. The predicted octanol–water partition coefficient (Wildman–Crippen LogP) is 1.99. The van der Waals surface area contributed by atoms with Crippen molar-refractivity contribution in [2.75, 3.05) is 19.7 Å². The maximum absolute atomic E-state index is 11.9. The van der Waals surface area contributed by atoms with Gasteiger partial charge in [-0.1, -0.05) is 0 Å². The van der Waals surface area contributed by atoms with Gasteiger partial charge >= 0.3 is 5.97 Å². The van der Waals surface area contributed by atoms with E-state index in [4.69, 9.17) is 4.74 Å². The first kappa shape index (κ1) is 13.6. The van der Waals surface area contributed by atoms with Crippen LogP contribution in [0.15, 0.2) is 12.5 Å². The van der Waals surface area contributed by atoms with Crippen LogP contribution in [0.4, 0.5) is 0 Å². The molecule has 0 amide bonds. The molecule has 1 aromatic rings. The zero-order chi connectivity index (χ0) is 13.9. The van der Waals surface area contributed by atoms with Crippen LogP contribution in [0.2, 0.25) is 0 Å². The molecule has 2 aliphatic rings. The maximum atomic E-state index is 11.9. The van der Waals surface area contributed by atoms with Gasteiger partial charge in [-0.05, 0) is 39.2 Å². The van der Waals surface area contributed by atoms with E-state index in [-0.39, 0.29) is 11.9 Å². The van der Waals surface area contributed by atoms with Crippen molar-refractivity contribution in [2.45, 2.75) is 45.2 Å². The van der Waals surface area contributed by atoms with Crippen molar-refractivity contribution in [3.63, 3.8) is 0 Å². The van der Waals surface area contributed by atoms with Crippen LogP contribution in [-0.2, 0) is 16.1 Å². The third kappa shape index (κ3) is 3.03. The molecule has 1 saturated carbocycles. The molecule has 0 aromatic carbocycles. The van der Waals surface area contributed by atoms with Gasteiger partial charge in [0.15, 0.2) is 0 Å². The van der Waals surface area contributed by atoms with Crippen LogP contribution < -0.4 is 0 Å². The van der Waals surface area contributed by atoms with Gasteiger partial charge in [-0.2, -0.15) is 0 Å². The van der Waals surface area contributed by atoms with Crippen molar-refractivity contribution in [2.24, 2.45) is 5.92 Å². The summed E-state index contributed by atoms with van der Waals surface area (Å²) in [4.78, 5) is 18.5. The van der Waals surface area contributed by atoms with Gasteiger partial charge in [-0.15, -0.1) is 0 Å². The molecule has 1 aliphatic heterocycles. The molecule has 1 aliphatic carbocycles. The predicted molar refractivity (Wildman–Crippen MR) is 75.1 cm³/mol. The summed E-state index contributed by atoms with van der Waals surface area (Å²) in [5.74, 6) is 0.00824. The summed E-state index contributed by atoms with van der Waals surface area (Å²) in [7, 11) is 0. The Balaban J connectivity index is 1.59. The number of piperidine rings is 1. The van der Waals surface area contributed by atoms with E-state index in [9.17, 15) is 4.79 Å². The minimum Gasteiger partial charge on any atom is -0.466 e. The highest BCUT2D eigenvalue weighted by Crippen LogP contribution is 2.36. The normalized spacial score (nSPS) is 23.8. The Hall–Kier alpha value is -1.36. The Morgan fingerprint density at radius 2 is 2.30 bits per heavy atom. The van der Waals surface area contributed by atoms with Gasteiger partial charge in [0.2, 0.25) is 0 Å². The van der Waals surface area contributed by atoms with Gasteiger partial charge in [-0.25, -0.2) is 4.98 Å². The lowest BCUT2D eigenvalue weighted by molar-refractivity contribution is -0.150. The fourth-order valence-corrected chi connectivity index (χ4v) is 3.02. The van der Waals surface area contributed by atoms with Gasteiger partial charge < -0.3 is 9.30 Å². The van der Waals surface area contributed by atoms with Crippen molar-refractivity contribution in [1.29, 1.82) is 0 Å². The minimum atomic E-state index is -0.0344. The molecule has 1 aromatic heterocycles. The fraction of sp³-hybridized carbons (Fsp3) is 0.733. The topological polar surface area (TPSA) is 47.4 Å². The van der Waals surface area contributed by atoms with Gasteiger partial charge in [0, 0.05) is 25.3 Å². The van der Waals surface area contributed by atoms with Crippen LogP contribution in [0.5, 0.6) is 0 Å². The van der Waals surface area contributed by atoms with Crippen molar-refractivity contribution in [3.8, 4) is 0 Å². The molecule has 1 atom stereocenters. The summed E-state index contributed by atoms with van der Waals surface area (Å²) in [5, 5.41) is 0. The van der Waals surface area contributed by atoms with Gasteiger partial charge in [0.1, 0.15) is 0 Å². The van der Waals surface area contributed by atoms with E-state index in [0.29, 0.717) is 12.6 Å². The second-order valence-corrected chi connectivity index (χ2v) is 5.85. The Bertz CT molecular complexity index is 467. The molecule has 0 spiro atoms. The molecule has 0 unspecified atom stereocenters. The lowest BCUT2D eigenvalue weighted by Crippen LogP contribution is -2.39. The molecule has 3 rings (SSSR count). The summed E-state index contributed by atoms with van der Waals surface area (Å²) in [5.41, 5.74) is 1.28. The van der Waals surface area contributed by atoms with E-state index in [2.05, 4.69) is 14.5 Å².